The van der Waals surface area contributed by atoms with E-state index in [0.29, 0.717) is 5.88 Å². The number of aryl methyl sites for hydroxylation is 1. The molecule has 0 aliphatic heterocycles. The third-order valence-electron chi connectivity index (χ3n) is 1.95. The lowest BCUT2D eigenvalue weighted by molar-refractivity contribution is 1.39. The Balaban J connectivity index is 2.75. The molecule has 0 aliphatic carbocycles. The van der Waals surface area contributed by atoms with Gasteiger partial charge < -0.3 is 0 Å². The van der Waals surface area contributed by atoms with Gasteiger partial charge in [-0.25, -0.2) is 0 Å². The van der Waals surface area contributed by atoms with Crippen LogP contribution in [0.2, 0.25) is 0 Å². The molecule has 1 aromatic carbocycles. The second kappa shape index (κ2) is 3.08. The van der Waals surface area contributed by atoms with Crippen molar-refractivity contribution in [3.8, 4) is 0 Å². The molecule has 0 unspecified atom stereocenters. The Morgan fingerprint density at radius 1 is 1.42 bits per heavy atom. The van der Waals surface area contributed by atoms with Gasteiger partial charge in [-0.15, -0.1) is 22.9 Å². The third kappa shape index (κ3) is 1.23. The molecule has 12 heavy (non-hydrogen) atoms. The average molecular weight is 197 g/mol. The second-order valence-corrected chi connectivity index (χ2v) is 4.07. The van der Waals surface area contributed by atoms with Crippen LogP contribution in [0.4, 0.5) is 0 Å². The highest BCUT2D eigenvalue weighted by atomic mass is 35.5. The molecule has 0 spiro atoms. The summed E-state index contributed by atoms with van der Waals surface area (Å²) in [6.07, 6.45) is 0. The van der Waals surface area contributed by atoms with E-state index in [9.17, 15) is 0 Å². The molecule has 1 heterocycles. The minimum absolute atomic E-state index is 0.604. The van der Waals surface area contributed by atoms with Crippen molar-refractivity contribution in [2.45, 2.75) is 12.8 Å². The van der Waals surface area contributed by atoms with E-state index >= 15 is 0 Å². The van der Waals surface area contributed by atoms with Gasteiger partial charge in [-0.3, -0.25) is 0 Å². The third-order valence-corrected chi connectivity index (χ3v) is 3.33. The highest BCUT2D eigenvalue weighted by Crippen LogP contribution is 2.26. The molecule has 0 saturated carbocycles. The molecular weight excluding hydrogens is 188 g/mol. The minimum Gasteiger partial charge on any atom is -0.144 e. The standard InChI is InChI=1S/C10H9ClS/c1-7-4-8(6-11)5-9-2-3-12-10(7)9/h2-5H,6H2,1H3. The number of alkyl halides is 1. The first kappa shape index (κ1) is 8.09. The van der Waals surface area contributed by atoms with E-state index in [1.54, 1.807) is 11.3 Å². The van der Waals surface area contributed by atoms with Crippen LogP contribution in [0, 0.1) is 6.92 Å². The van der Waals surface area contributed by atoms with Crippen LogP contribution in [0.25, 0.3) is 10.1 Å². The van der Waals surface area contributed by atoms with Crippen LogP contribution in [-0.4, -0.2) is 0 Å². The van der Waals surface area contributed by atoms with Gasteiger partial charge in [0.25, 0.3) is 0 Å². The quantitative estimate of drug-likeness (QED) is 0.606. The summed E-state index contributed by atoms with van der Waals surface area (Å²) >= 11 is 7.56. The molecule has 0 nitrogen and oxygen atoms in total. The first-order valence-corrected chi connectivity index (χ1v) is 5.25. The number of hydrogen-bond acceptors (Lipinski definition) is 1. The summed E-state index contributed by atoms with van der Waals surface area (Å²) in [5.41, 5.74) is 2.54. The molecule has 0 aliphatic rings. The average Bonchev–Trinajstić information content (AvgIpc) is 2.52. The predicted molar refractivity (Wildman–Crippen MR) is 56.1 cm³/mol. The highest BCUT2D eigenvalue weighted by molar-refractivity contribution is 7.17. The van der Waals surface area contributed by atoms with E-state index in [1.165, 1.54) is 21.2 Å². The van der Waals surface area contributed by atoms with Crippen LogP contribution in [0.1, 0.15) is 11.1 Å². The highest BCUT2D eigenvalue weighted by Gasteiger charge is 2.00. The first-order chi connectivity index (χ1) is 5.81. The number of rotatable bonds is 1. The van der Waals surface area contributed by atoms with Crippen LogP contribution in [-0.2, 0) is 5.88 Å². The van der Waals surface area contributed by atoms with Gasteiger partial charge in [0, 0.05) is 10.6 Å². The predicted octanol–water partition coefficient (Wildman–Crippen LogP) is 3.95. The fraction of sp³-hybridized carbons (Fsp3) is 0.200. The smallest absolute Gasteiger partial charge is 0.0474 e. The van der Waals surface area contributed by atoms with Crippen molar-refractivity contribution in [1.82, 2.24) is 0 Å². The number of benzene rings is 1. The minimum atomic E-state index is 0.604. The molecule has 1 aromatic heterocycles. The van der Waals surface area contributed by atoms with Crippen molar-refractivity contribution in [1.29, 1.82) is 0 Å². The van der Waals surface area contributed by atoms with Gasteiger partial charge in [0.05, 0.1) is 0 Å². The van der Waals surface area contributed by atoms with Crippen LogP contribution < -0.4 is 0 Å². The largest absolute Gasteiger partial charge is 0.144 e. The summed E-state index contributed by atoms with van der Waals surface area (Å²) in [5.74, 6) is 0.604. The maximum absolute atomic E-state index is 5.77. The SMILES string of the molecule is Cc1cc(CCl)cc2ccsc12. The molecule has 0 fully saturated rings. The maximum atomic E-state index is 5.77. The molecule has 0 atom stereocenters. The lowest BCUT2D eigenvalue weighted by atomic mass is 10.1. The normalized spacial score (nSPS) is 10.8. The van der Waals surface area contributed by atoms with Gasteiger partial charge in [0.2, 0.25) is 0 Å². The van der Waals surface area contributed by atoms with Crippen LogP contribution in [0.3, 0.4) is 0 Å². The zero-order valence-electron chi connectivity index (χ0n) is 6.80. The summed E-state index contributed by atoms with van der Waals surface area (Å²) in [6, 6.07) is 6.46. The van der Waals surface area contributed by atoms with E-state index in [-0.39, 0.29) is 0 Å². The Hall–Kier alpha value is -0.530. The topological polar surface area (TPSA) is 0 Å². The van der Waals surface area contributed by atoms with Crippen LogP contribution >= 0.6 is 22.9 Å². The monoisotopic (exact) mass is 196 g/mol. The number of fused-ring (bicyclic) bond motifs is 1. The molecule has 0 radical (unpaired) electrons. The first-order valence-electron chi connectivity index (χ1n) is 3.84. The molecule has 2 heteroatoms. The van der Waals surface area contributed by atoms with Gasteiger partial charge in [-0.05, 0) is 40.9 Å². The molecule has 2 rings (SSSR count). The summed E-state index contributed by atoms with van der Waals surface area (Å²) in [7, 11) is 0. The molecule has 0 bridgehead atoms. The Morgan fingerprint density at radius 2 is 2.25 bits per heavy atom. The van der Waals surface area contributed by atoms with E-state index in [2.05, 4.69) is 30.5 Å². The zero-order chi connectivity index (χ0) is 8.55. The fourth-order valence-corrected chi connectivity index (χ4v) is 2.43. The second-order valence-electron chi connectivity index (χ2n) is 2.89. The van der Waals surface area contributed by atoms with E-state index < -0.39 is 0 Å². The van der Waals surface area contributed by atoms with E-state index in [0.717, 1.165) is 0 Å². The van der Waals surface area contributed by atoms with Crippen molar-refractivity contribution >= 4 is 33.0 Å². The summed E-state index contributed by atoms with van der Waals surface area (Å²) in [6.45, 7) is 2.13. The maximum Gasteiger partial charge on any atom is 0.0474 e. The lowest BCUT2D eigenvalue weighted by Crippen LogP contribution is -1.79. The molecule has 2 aromatic rings. The molecule has 0 saturated heterocycles. The molecule has 0 amide bonds. The Bertz CT molecular complexity index is 403. The van der Waals surface area contributed by atoms with Gasteiger partial charge in [-0.1, -0.05) is 6.07 Å². The number of halogens is 1. The number of thiophene rings is 1. The summed E-state index contributed by atoms with van der Waals surface area (Å²) in [5, 5.41) is 3.44. The van der Waals surface area contributed by atoms with Gasteiger partial charge in [-0.2, -0.15) is 0 Å². The Labute approximate surface area is 80.8 Å². The summed E-state index contributed by atoms with van der Waals surface area (Å²) < 4.78 is 1.38. The van der Waals surface area contributed by atoms with Crippen molar-refractivity contribution < 1.29 is 0 Å². The zero-order valence-corrected chi connectivity index (χ0v) is 8.38. The van der Waals surface area contributed by atoms with Crippen LogP contribution in [0.15, 0.2) is 23.6 Å². The van der Waals surface area contributed by atoms with Crippen molar-refractivity contribution in [2.24, 2.45) is 0 Å². The van der Waals surface area contributed by atoms with Gasteiger partial charge in [0.15, 0.2) is 0 Å². The van der Waals surface area contributed by atoms with Gasteiger partial charge in [0.1, 0.15) is 0 Å². The van der Waals surface area contributed by atoms with E-state index in [4.69, 9.17) is 11.6 Å². The molecule has 62 valence electrons. The van der Waals surface area contributed by atoms with Crippen molar-refractivity contribution in [3.63, 3.8) is 0 Å². The number of hydrogen-bond donors (Lipinski definition) is 0. The fourth-order valence-electron chi connectivity index (χ4n) is 1.42. The molecule has 0 N–H and O–H groups in total. The van der Waals surface area contributed by atoms with E-state index in [1.807, 2.05) is 0 Å². The van der Waals surface area contributed by atoms with Crippen molar-refractivity contribution in [2.75, 3.05) is 0 Å². The molecular formula is C10H9ClS. The Kier molecular flexibility index (Phi) is 2.07. The lowest BCUT2D eigenvalue weighted by Gasteiger charge is -1.99. The Morgan fingerprint density at radius 3 is 3.00 bits per heavy atom. The van der Waals surface area contributed by atoms with Crippen LogP contribution in [0.5, 0.6) is 0 Å². The van der Waals surface area contributed by atoms with Gasteiger partial charge >= 0.3 is 0 Å². The summed E-state index contributed by atoms with van der Waals surface area (Å²) in [4.78, 5) is 0. The van der Waals surface area contributed by atoms with Crippen molar-refractivity contribution in [3.05, 3.63) is 34.7 Å².